The van der Waals surface area contributed by atoms with E-state index in [1.54, 1.807) is 0 Å². The van der Waals surface area contributed by atoms with Crippen LogP contribution in [0.1, 0.15) is 13.3 Å². The summed E-state index contributed by atoms with van der Waals surface area (Å²) in [5.74, 6) is -0.530. The maximum atomic E-state index is 11.9. The standard InChI is InChI=1S/C11H20N5O14P3/c1-6-3-16(11(18)14-10(6)17)9-2-7(26-5-13-15-12)8(28-9)4-27-32(22,23)30-33(24,25)29-31(19,20)21/h3,7-9,11,18H,2,4-5H2,1H3,(H,14,17)(H,22,23)(H,24,25)(H2,19,20,21)/t7-,8-,9-,11?/m1/s1. The minimum Gasteiger partial charge on any atom is -0.369 e. The Balaban J connectivity index is 2.09. The summed E-state index contributed by atoms with van der Waals surface area (Å²) in [6, 6.07) is 0. The van der Waals surface area contributed by atoms with Crippen LogP contribution < -0.4 is 5.32 Å². The van der Waals surface area contributed by atoms with Crippen molar-refractivity contribution in [2.24, 2.45) is 5.11 Å². The Morgan fingerprint density at radius 1 is 1.27 bits per heavy atom. The van der Waals surface area contributed by atoms with E-state index >= 15 is 0 Å². The molecule has 0 aliphatic carbocycles. The molecule has 1 amide bonds. The molecule has 0 radical (unpaired) electrons. The molecule has 22 heteroatoms. The third-order valence-electron chi connectivity index (χ3n) is 3.98. The lowest BCUT2D eigenvalue weighted by molar-refractivity contribution is -0.143. The van der Waals surface area contributed by atoms with Gasteiger partial charge in [0.05, 0.1) is 12.7 Å². The number of amides is 1. The summed E-state index contributed by atoms with van der Waals surface area (Å²) < 4.78 is 56.7. The molecule has 2 aliphatic rings. The first-order chi connectivity index (χ1) is 15.1. The van der Waals surface area contributed by atoms with Crippen molar-refractivity contribution in [2.45, 2.75) is 38.1 Å². The molecule has 2 aliphatic heterocycles. The number of carbonyl (C=O) groups excluding carboxylic acids is 1. The second-order valence-electron chi connectivity index (χ2n) is 6.42. The molecule has 6 atom stereocenters. The summed E-state index contributed by atoms with van der Waals surface area (Å²) in [6.45, 7) is 0.156. The lowest BCUT2D eigenvalue weighted by Crippen LogP contribution is -2.53. The van der Waals surface area contributed by atoms with Gasteiger partial charge in [0.1, 0.15) is 19.1 Å². The fourth-order valence-corrected chi connectivity index (χ4v) is 5.76. The number of phosphoric acid groups is 3. The van der Waals surface area contributed by atoms with Crippen molar-refractivity contribution in [3.63, 3.8) is 0 Å². The van der Waals surface area contributed by atoms with E-state index in [0.29, 0.717) is 0 Å². The number of nitrogens with one attached hydrogen (secondary N) is 1. The molecule has 0 aromatic rings. The first kappa shape index (κ1) is 27.9. The van der Waals surface area contributed by atoms with Gasteiger partial charge in [0.25, 0.3) is 5.91 Å². The number of phosphoric ester groups is 1. The van der Waals surface area contributed by atoms with Crippen molar-refractivity contribution in [1.82, 2.24) is 10.2 Å². The molecule has 0 spiro atoms. The maximum absolute atomic E-state index is 11.9. The minimum absolute atomic E-state index is 0.0257. The van der Waals surface area contributed by atoms with E-state index in [-0.39, 0.29) is 12.0 Å². The summed E-state index contributed by atoms with van der Waals surface area (Å²) in [5.41, 5.74) is 8.61. The van der Waals surface area contributed by atoms with Crippen molar-refractivity contribution >= 4 is 29.4 Å². The van der Waals surface area contributed by atoms with Crippen LogP contribution in [0.5, 0.6) is 0 Å². The van der Waals surface area contributed by atoms with Crippen LogP contribution in [0, 0.1) is 0 Å². The number of aliphatic hydroxyl groups excluding tert-OH is 1. The predicted molar refractivity (Wildman–Crippen MR) is 102 cm³/mol. The zero-order valence-corrected chi connectivity index (χ0v) is 19.2. The number of rotatable bonds is 11. The molecule has 33 heavy (non-hydrogen) atoms. The third kappa shape index (κ3) is 8.72. The fraction of sp³-hybridized carbons (Fsp3) is 0.727. The lowest BCUT2D eigenvalue weighted by atomic mass is 10.1. The van der Waals surface area contributed by atoms with Gasteiger partial charge in [0.2, 0.25) is 6.35 Å². The highest BCUT2D eigenvalue weighted by Gasteiger charge is 2.45. The van der Waals surface area contributed by atoms with Crippen LogP contribution in [0.2, 0.25) is 0 Å². The molecule has 0 saturated carbocycles. The summed E-state index contributed by atoms with van der Waals surface area (Å²) in [6.07, 6.45) is -3.36. The van der Waals surface area contributed by atoms with E-state index in [4.69, 9.17) is 24.8 Å². The van der Waals surface area contributed by atoms with Crippen LogP contribution >= 0.6 is 23.5 Å². The Hall–Kier alpha value is -1.39. The number of carbonyl (C=O) groups is 1. The topological polar surface area (TPSA) is 280 Å². The average Bonchev–Trinajstić information content (AvgIpc) is 3.03. The van der Waals surface area contributed by atoms with Gasteiger partial charge in [-0.15, -0.1) is 0 Å². The van der Waals surface area contributed by atoms with Gasteiger partial charge in [-0.1, -0.05) is 5.11 Å². The Morgan fingerprint density at radius 3 is 2.55 bits per heavy atom. The molecule has 0 bridgehead atoms. The monoisotopic (exact) mass is 539 g/mol. The van der Waals surface area contributed by atoms with Crippen molar-refractivity contribution in [1.29, 1.82) is 0 Å². The minimum atomic E-state index is -5.71. The largest absolute Gasteiger partial charge is 0.490 e. The van der Waals surface area contributed by atoms with Gasteiger partial charge in [-0.25, -0.2) is 13.7 Å². The normalized spacial score (nSPS) is 29.5. The smallest absolute Gasteiger partial charge is 0.369 e. The number of nitrogens with zero attached hydrogens (tertiary/aromatic N) is 4. The van der Waals surface area contributed by atoms with E-state index < -0.39 is 67.5 Å². The number of ether oxygens (including phenoxy) is 2. The van der Waals surface area contributed by atoms with Gasteiger partial charge in [0.15, 0.2) is 0 Å². The Morgan fingerprint density at radius 2 is 1.94 bits per heavy atom. The molecule has 0 aromatic carbocycles. The van der Waals surface area contributed by atoms with Gasteiger partial charge >= 0.3 is 23.5 Å². The van der Waals surface area contributed by atoms with Crippen LogP contribution in [0.15, 0.2) is 16.9 Å². The highest BCUT2D eigenvalue weighted by Crippen LogP contribution is 2.66. The van der Waals surface area contributed by atoms with Gasteiger partial charge in [-0.2, -0.15) is 8.62 Å². The Bertz CT molecular complexity index is 964. The highest BCUT2D eigenvalue weighted by atomic mass is 31.3. The molecule has 2 rings (SSSR count). The first-order valence-corrected chi connectivity index (χ1v) is 13.2. The molecule has 19 nitrogen and oxygen atoms in total. The second kappa shape index (κ2) is 10.9. The van der Waals surface area contributed by atoms with Gasteiger partial charge in [-0.3, -0.25) is 9.32 Å². The number of hydrogen-bond acceptors (Lipinski definition) is 12. The van der Waals surface area contributed by atoms with Crippen molar-refractivity contribution in [2.75, 3.05) is 13.3 Å². The number of aliphatic hydroxyl groups is 1. The van der Waals surface area contributed by atoms with E-state index in [0.717, 1.165) is 0 Å². The zero-order chi connectivity index (χ0) is 25.0. The van der Waals surface area contributed by atoms with Crippen molar-refractivity contribution in [3.05, 3.63) is 22.2 Å². The zero-order valence-electron chi connectivity index (χ0n) is 16.5. The second-order valence-corrected chi connectivity index (χ2v) is 10.8. The van der Waals surface area contributed by atoms with Crippen LogP contribution in [0.4, 0.5) is 0 Å². The highest BCUT2D eigenvalue weighted by molar-refractivity contribution is 7.66. The number of hydrogen-bond donors (Lipinski definition) is 6. The van der Waals surface area contributed by atoms with Crippen molar-refractivity contribution < 1.29 is 65.8 Å². The lowest BCUT2D eigenvalue weighted by Gasteiger charge is -2.35. The number of azide groups is 1. The maximum Gasteiger partial charge on any atom is 0.490 e. The summed E-state index contributed by atoms with van der Waals surface area (Å²) in [4.78, 5) is 51.2. The molecule has 188 valence electrons. The van der Waals surface area contributed by atoms with E-state index in [1.807, 2.05) is 0 Å². The molecule has 0 aromatic heterocycles. The average molecular weight is 539 g/mol. The van der Waals surface area contributed by atoms with Crippen LogP contribution in [0.3, 0.4) is 0 Å². The van der Waals surface area contributed by atoms with Gasteiger partial charge in [-0.05, 0) is 12.5 Å². The molecular formula is C11H20N5O14P3. The SMILES string of the molecule is CC1=CN([C@H]2C[C@@H](OCN=[N+]=[N-])[C@@H](COP(=O)(O)OP(=O)(O)OP(=O)(O)O)O2)C(O)NC1=O. The molecule has 1 saturated heterocycles. The van der Waals surface area contributed by atoms with Crippen LogP contribution in [0.25, 0.3) is 10.4 Å². The third-order valence-corrected chi connectivity index (χ3v) is 7.79. The van der Waals surface area contributed by atoms with Crippen molar-refractivity contribution in [3.8, 4) is 0 Å². The van der Waals surface area contributed by atoms with Gasteiger partial charge < -0.3 is 44.4 Å². The molecule has 1 fully saturated rings. The van der Waals surface area contributed by atoms with E-state index in [2.05, 4.69) is 28.5 Å². The van der Waals surface area contributed by atoms with E-state index in [9.17, 15) is 33.4 Å². The summed E-state index contributed by atoms with van der Waals surface area (Å²) in [7, 11) is -16.7. The Kier molecular flexibility index (Phi) is 9.20. The fourth-order valence-electron chi connectivity index (χ4n) is 2.73. The van der Waals surface area contributed by atoms with Gasteiger partial charge in [0, 0.05) is 23.1 Å². The first-order valence-electron chi connectivity index (χ1n) is 8.63. The molecular weight excluding hydrogens is 519 g/mol. The molecule has 6 N–H and O–H groups in total. The summed E-state index contributed by atoms with van der Waals surface area (Å²) in [5, 5.41) is 15.5. The van der Waals surface area contributed by atoms with Crippen LogP contribution in [-0.2, 0) is 41.1 Å². The predicted octanol–water partition coefficient (Wildman–Crippen LogP) is -0.291. The quantitative estimate of drug-likeness (QED) is 0.0851. The molecule has 3 unspecified atom stereocenters. The summed E-state index contributed by atoms with van der Waals surface area (Å²) >= 11 is 0. The van der Waals surface area contributed by atoms with E-state index in [1.165, 1.54) is 18.0 Å². The Labute approximate surface area is 184 Å². The van der Waals surface area contributed by atoms with Crippen LogP contribution in [-0.4, -0.2) is 73.6 Å². The molecule has 2 heterocycles.